The maximum absolute atomic E-state index is 14.5. The molecular weight excluding hydrogens is 1660 g/mol. The van der Waals surface area contributed by atoms with Crippen molar-refractivity contribution in [3.63, 3.8) is 0 Å². The molecule has 1 fully saturated rings. The maximum atomic E-state index is 14.5. The number of nitrogens with one attached hydrogen (secondary N) is 7. The molecule has 12 unspecified atom stereocenters. The molecule has 32 N–H and O–H groups in total. The van der Waals surface area contributed by atoms with Gasteiger partial charge in [-0.25, -0.2) is 74.7 Å². The second kappa shape index (κ2) is 54.4. The van der Waals surface area contributed by atoms with Gasteiger partial charge in [0.25, 0.3) is 0 Å². The van der Waals surface area contributed by atoms with E-state index in [9.17, 15) is 111 Å². The van der Waals surface area contributed by atoms with Crippen LogP contribution in [0.25, 0.3) is 0 Å². The molecule has 0 spiro atoms. The number of aliphatic hydroxyl groups is 16. The van der Waals surface area contributed by atoms with Gasteiger partial charge in [-0.2, -0.15) is 0 Å². The van der Waals surface area contributed by atoms with E-state index in [-0.39, 0.29) is 108 Å². The van der Waals surface area contributed by atoms with Gasteiger partial charge >= 0.3 is 17.9 Å². The lowest BCUT2D eigenvalue weighted by molar-refractivity contribution is -0.139. The number of benzene rings is 1. The number of carboxylic acid groups (broad SMARTS) is 3. The van der Waals surface area contributed by atoms with E-state index in [1.165, 1.54) is 17.4 Å². The van der Waals surface area contributed by atoms with Gasteiger partial charge in [-0.05, 0) is 93.4 Å². The van der Waals surface area contributed by atoms with E-state index in [4.69, 9.17) is 43.9 Å². The summed E-state index contributed by atoms with van der Waals surface area (Å²) in [5, 5.41) is 245. The molecule has 1 aromatic carbocycles. The predicted octanol–water partition coefficient (Wildman–Crippen LogP) is 5.35. The number of aromatic nitrogens is 2. The van der Waals surface area contributed by atoms with Crippen molar-refractivity contribution in [2.75, 3.05) is 32.8 Å². The lowest BCUT2D eigenvalue weighted by Gasteiger charge is -2.28. The van der Waals surface area contributed by atoms with Crippen LogP contribution in [-0.4, -0.2) is 353 Å². The monoisotopic (exact) mass is 1780 g/mol. The molecule has 700 valence electrons. The van der Waals surface area contributed by atoms with Gasteiger partial charge in [-0.1, -0.05) is 92.1 Å². The number of carboxylic acids is 3. The number of carbonyl (C=O) groups is 4. The largest absolute Gasteiger partial charge is 0.497 e. The maximum Gasteiger partial charge on any atom is 0.328 e. The number of aliphatic hydroxyl groups excluding tert-OH is 16. The van der Waals surface area contributed by atoms with Crippen LogP contribution in [0.2, 0.25) is 0 Å². The zero-order chi connectivity index (χ0) is 94.8. The molecule has 2 heterocycles. The smallest absolute Gasteiger partial charge is 0.328 e. The van der Waals surface area contributed by atoms with Gasteiger partial charge in [-0.3, -0.25) is 36.0 Å². The fraction of sp³-hybridized carbons (Fsp3) is 0.615. The number of guanidine groups is 2. The number of aromatic amines is 1. The molecule has 1 aromatic heterocycles. The molecular formula is C78H125N25O23. The molecule has 0 bridgehead atoms. The molecule has 126 heavy (non-hydrogen) atoms. The number of aliphatic imine (C=N–C) groups is 13. The average molecular weight is 1780 g/mol. The van der Waals surface area contributed by atoms with Gasteiger partial charge in [0.2, 0.25) is 76.7 Å². The fourth-order valence-electron chi connectivity index (χ4n) is 12.3. The Balaban J connectivity index is 2.18. The number of H-pyrrole nitrogens is 1. The van der Waals surface area contributed by atoms with Crippen LogP contribution in [0.5, 0.6) is 0 Å². The highest BCUT2D eigenvalue weighted by Crippen LogP contribution is 2.26. The van der Waals surface area contributed by atoms with Crippen LogP contribution >= 0.6 is 0 Å². The molecule has 2 aromatic rings. The first kappa shape index (κ1) is 107. The summed E-state index contributed by atoms with van der Waals surface area (Å²) in [6.45, 7) is 11.6. The number of nitrogens with zero attached hydrogens (tertiary/aromatic N) is 15. The van der Waals surface area contributed by atoms with E-state index < -0.39 is 260 Å². The van der Waals surface area contributed by atoms with Gasteiger partial charge in [-0.15, -0.1) is 0 Å². The molecule has 0 aliphatic carbocycles. The van der Waals surface area contributed by atoms with Gasteiger partial charge in [0.05, 0.1) is 31.8 Å². The van der Waals surface area contributed by atoms with Crippen molar-refractivity contribution in [3.8, 4) is 0 Å². The van der Waals surface area contributed by atoms with Gasteiger partial charge < -0.3 is 135 Å². The topological polar surface area (TPSA) is 843 Å². The molecule has 1 amide bonds. The molecule has 1 saturated heterocycles. The summed E-state index contributed by atoms with van der Waals surface area (Å²) < 4.78 is 0. The van der Waals surface area contributed by atoms with Crippen molar-refractivity contribution in [1.29, 1.82) is 21.6 Å². The standard InChI is InChI=1S/C78H125N25O23/c1-9-41(8)62(74(123)98-49(30-42-16-11-10-12-17-42)68(117)92-45(18-13-25-87-77(82)83)65(114)94-47(76(125)126)19-14-26-88-78(84)85)102-71(120)54(36-104)100-66(115)46(22-23-56(80)105)93-70(119)52(33-60(110)111)97-67(116)48(28-38(2)3)96-69(118)50(31-43-34-86-37-90-43)99-73(122)61(40(6)7)101-72(121)55-20-15-27-103(55)75(124)53(29-39(4)5)91-58(107)35-89-64(113)51(32-57(81)106)95-63(112)44(79)21-24-59(108)109/h10-12,16-17,34,37-41,44-55,61-62,104H,9,13-15,18-33,35-36,79H2,1-8H3,(H2,80,105)(H2,81,106)(H,86,90)(H,89,113)(H,91,107)(H,92,117)(H,93,119)(H,94,114)(H,95,112)(H,96,118)(H,97,116)(H,98,123)(H,99,122)(H,100,115)(H,101,121)(H,102,120)(H,108,109)(H,110,111)(H,125,126)(H4,82,83,87)(H4,84,85,88)/t41-,44-,45?,46?,47?,48?,49?,50?,51?,52?,53?,54?,55-,61?,62?/m0/s1. The minimum absolute atomic E-state index is 0.0311. The summed E-state index contributed by atoms with van der Waals surface area (Å²) in [4.78, 5) is 113. The zero-order valence-electron chi connectivity index (χ0n) is 71.6. The van der Waals surface area contributed by atoms with Crippen molar-refractivity contribution in [1.82, 2.24) is 25.5 Å². The number of aliphatic carboxylic acids is 3. The van der Waals surface area contributed by atoms with Crippen molar-refractivity contribution in [2.24, 2.45) is 106 Å². The second-order valence-electron chi connectivity index (χ2n) is 30.9. The van der Waals surface area contributed by atoms with Crippen molar-refractivity contribution < 1.29 is 116 Å². The predicted molar refractivity (Wildman–Crippen MR) is 476 cm³/mol. The van der Waals surface area contributed by atoms with Crippen LogP contribution in [0.3, 0.4) is 0 Å². The third-order valence-electron chi connectivity index (χ3n) is 19.1. The van der Waals surface area contributed by atoms with Gasteiger partial charge in [0.15, 0.2) is 41.7 Å². The first-order chi connectivity index (χ1) is 59.2. The van der Waals surface area contributed by atoms with Crippen LogP contribution in [0.1, 0.15) is 163 Å². The van der Waals surface area contributed by atoms with Crippen LogP contribution in [0.4, 0.5) is 0 Å². The molecule has 1 aliphatic heterocycles. The van der Waals surface area contributed by atoms with E-state index in [0.29, 0.717) is 17.7 Å². The van der Waals surface area contributed by atoms with Crippen molar-refractivity contribution in [2.45, 2.75) is 249 Å². The highest BCUT2D eigenvalue weighted by Gasteiger charge is 2.39. The number of hydrogen-bond acceptors (Lipinski definition) is 24. The third-order valence-corrected chi connectivity index (χ3v) is 19.1. The third kappa shape index (κ3) is 39.1. The summed E-state index contributed by atoms with van der Waals surface area (Å²) in [6.07, 6.45) is -1.11. The van der Waals surface area contributed by atoms with Crippen LogP contribution in [0, 0.1) is 45.3 Å². The Morgan fingerprint density at radius 3 is 1.52 bits per heavy atom. The van der Waals surface area contributed by atoms with Gasteiger partial charge in [0, 0.05) is 57.2 Å². The lowest BCUT2D eigenvalue weighted by atomic mass is 9.99. The Bertz CT molecular complexity index is 4320. The van der Waals surface area contributed by atoms with E-state index in [1.54, 1.807) is 85.7 Å². The Morgan fingerprint density at radius 1 is 0.516 bits per heavy atom. The molecule has 15 atom stereocenters. The summed E-state index contributed by atoms with van der Waals surface area (Å²) in [7, 11) is 0. The zero-order valence-corrected chi connectivity index (χ0v) is 71.6. The number of amides is 1. The first-order valence-electron chi connectivity index (χ1n) is 40.7. The summed E-state index contributed by atoms with van der Waals surface area (Å²) in [6, 6.07) is -13.7. The molecule has 48 heteroatoms. The van der Waals surface area contributed by atoms with E-state index in [1.807, 2.05) is 0 Å². The quantitative estimate of drug-likeness (QED) is 0.0225. The molecule has 0 saturated carbocycles. The normalized spacial score (nSPS) is 18.3. The SMILES string of the molecule is CC[C@H](C)C(N=C(O)C(CO)N=C(O)C(CCC(=N)O)N=C(O)C(CC(=O)O)N=C(O)C(CC(C)C)N=C(O)C(Cc1cnc[nH]1)N=C(O)C(N=C(O)[C@@H]1CCCN1C(=O)C(CC(C)C)N=C(O)CN=C(O)C(CC(=N)O)N=C(O)[C@@H](N)CCC(=O)O)C(C)C)C(O)=NC(Cc1ccccc1)C(O)=NC(CCCNC(=N)N)C(O)=NC(CCCNC(=N)N)C(=O)O. The average Bonchev–Trinajstić information content (AvgIpc) is 1.62. The highest BCUT2D eigenvalue weighted by molar-refractivity contribution is 5.97. The minimum Gasteiger partial charge on any atom is -0.497 e. The van der Waals surface area contributed by atoms with E-state index in [2.05, 4.69) is 85.5 Å². The van der Waals surface area contributed by atoms with Crippen LogP contribution in [0.15, 0.2) is 108 Å². The number of likely N-dealkylation sites (tertiary alicyclic amines) is 1. The lowest BCUT2D eigenvalue weighted by Crippen LogP contribution is -2.46. The van der Waals surface area contributed by atoms with Gasteiger partial charge in [0.1, 0.15) is 73.0 Å². The Morgan fingerprint density at radius 2 is 1.00 bits per heavy atom. The summed E-state index contributed by atoms with van der Waals surface area (Å²) in [5.41, 5.74) is 17.5. The molecule has 48 nitrogen and oxygen atoms in total. The van der Waals surface area contributed by atoms with Crippen LogP contribution in [-0.2, 0) is 32.0 Å². The Kier molecular flexibility index (Phi) is 46.2. The number of hydrogen-bond donors (Lipinski definition) is 29. The molecule has 0 radical (unpaired) electrons. The second-order valence-corrected chi connectivity index (χ2v) is 30.9. The number of nitrogens with two attached hydrogens (primary N) is 3. The van der Waals surface area contributed by atoms with Crippen LogP contribution < -0.4 is 27.8 Å². The fourth-order valence-corrected chi connectivity index (χ4v) is 12.3. The van der Waals surface area contributed by atoms with Crippen molar-refractivity contribution in [3.05, 3.63) is 54.1 Å². The highest BCUT2D eigenvalue weighted by atomic mass is 16.4. The minimum atomic E-state index is -2.07. The first-order valence-corrected chi connectivity index (χ1v) is 40.7. The Labute approximate surface area is 726 Å². The number of rotatable bonds is 58. The summed E-state index contributed by atoms with van der Waals surface area (Å²) >= 11 is 0. The number of carbonyl (C=O) groups excluding carboxylic acids is 1. The Hall–Kier alpha value is -13.2. The van der Waals surface area contributed by atoms with Crippen molar-refractivity contribution >= 4 is 124 Å². The summed E-state index contributed by atoms with van der Waals surface area (Å²) in [5.74, 6) is -21.6. The van der Waals surface area contributed by atoms with E-state index in [0.717, 1.165) is 0 Å². The molecule has 1 aliphatic rings. The number of imidazole rings is 1. The molecule has 3 rings (SSSR count). The van der Waals surface area contributed by atoms with E-state index >= 15 is 0 Å².